The van der Waals surface area contributed by atoms with Crippen molar-refractivity contribution in [2.45, 2.75) is 90.9 Å². The van der Waals surface area contributed by atoms with Crippen molar-refractivity contribution in [3.8, 4) is 0 Å². The Morgan fingerprint density at radius 3 is 1.62 bits per heavy atom. The van der Waals surface area contributed by atoms with Gasteiger partial charge >= 0.3 is 11.9 Å². The van der Waals surface area contributed by atoms with Crippen LogP contribution in [-0.4, -0.2) is 25.2 Å². The lowest BCUT2D eigenvalue weighted by molar-refractivity contribution is -0.140. The van der Waals surface area contributed by atoms with Gasteiger partial charge in [-0.15, -0.1) is 6.58 Å². The van der Waals surface area contributed by atoms with Crippen LogP contribution in [0.4, 0.5) is 0 Å². The number of carbonyl (C=O) groups is 2. The van der Waals surface area contributed by atoms with E-state index in [0.717, 1.165) is 30.6 Å². The molecule has 0 aromatic carbocycles. The van der Waals surface area contributed by atoms with Crippen molar-refractivity contribution in [3.63, 3.8) is 0 Å². The lowest BCUT2D eigenvalue weighted by atomic mass is 10.1. The van der Waals surface area contributed by atoms with Crippen LogP contribution in [0.3, 0.4) is 0 Å². The van der Waals surface area contributed by atoms with Crippen LogP contribution in [-0.2, 0) is 19.1 Å². The van der Waals surface area contributed by atoms with E-state index in [1.807, 2.05) is 6.92 Å². The van der Waals surface area contributed by atoms with E-state index in [4.69, 9.17) is 9.47 Å². The first-order chi connectivity index (χ1) is 12.6. The molecule has 0 amide bonds. The lowest BCUT2D eigenvalue weighted by Gasteiger charge is -2.03. The van der Waals surface area contributed by atoms with Gasteiger partial charge < -0.3 is 9.47 Å². The van der Waals surface area contributed by atoms with Crippen LogP contribution in [0.25, 0.3) is 0 Å². The van der Waals surface area contributed by atoms with Crippen molar-refractivity contribution in [2.24, 2.45) is 0 Å². The second kappa shape index (κ2) is 18.2. The van der Waals surface area contributed by atoms with Crippen molar-refractivity contribution in [1.82, 2.24) is 0 Å². The Bertz CT molecular complexity index is 412. The van der Waals surface area contributed by atoms with E-state index in [9.17, 15) is 9.59 Å². The normalized spacial score (nSPS) is 10.8. The van der Waals surface area contributed by atoms with E-state index in [1.54, 1.807) is 0 Å². The molecule has 26 heavy (non-hydrogen) atoms. The highest BCUT2D eigenvalue weighted by Gasteiger charge is 2.01. The summed E-state index contributed by atoms with van der Waals surface area (Å²) in [6, 6.07) is 0. The molecule has 0 aromatic rings. The number of hydrogen-bond donors (Lipinski definition) is 0. The maximum absolute atomic E-state index is 11.5. The van der Waals surface area contributed by atoms with Crippen LogP contribution in [0, 0.1) is 0 Å². The van der Waals surface area contributed by atoms with Crippen LogP contribution in [0.15, 0.2) is 24.3 Å². The average molecular weight is 367 g/mol. The van der Waals surface area contributed by atoms with Crippen molar-refractivity contribution < 1.29 is 19.1 Å². The van der Waals surface area contributed by atoms with Gasteiger partial charge in [0.05, 0.1) is 13.2 Å². The standard InChI is InChI=1S/C22H38O4/c1-4-5-6-7-8-9-10-11-12-13-14-18-25-21(23)15-16-22(24)26-19-17-20(2)3/h15-16H,2,4-14,17-19H2,1,3H3/b16-15+. The first-order valence-electron chi connectivity index (χ1n) is 10.2. The zero-order chi connectivity index (χ0) is 19.5. The molecule has 4 nitrogen and oxygen atoms in total. The van der Waals surface area contributed by atoms with Crippen LogP contribution in [0.2, 0.25) is 0 Å². The van der Waals surface area contributed by atoms with E-state index in [2.05, 4.69) is 13.5 Å². The molecular formula is C22H38O4. The lowest BCUT2D eigenvalue weighted by Crippen LogP contribution is -2.06. The van der Waals surface area contributed by atoms with Gasteiger partial charge in [0.15, 0.2) is 0 Å². The molecule has 0 heterocycles. The molecule has 0 spiro atoms. The van der Waals surface area contributed by atoms with Gasteiger partial charge in [-0.25, -0.2) is 9.59 Å². The Morgan fingerprint density at radius 1 is 0.731 bits per heavy atom. The molecule has 0 rings (SSSR count). The Balaban J connectivity index is 3.41. The molecular weight excluding hydrogens is 328 g/mol. The number of carbonyl (C=O) groups excluding carboxylic acids is 2. The Hall–Kier alpha value is -1.58. The third-order valence-electron chi connectivity index (χ3n) is 4.12. The van der Waals surface area contributed by atoms with Crippen LogP contribution in [0.5, 0.6) is 0 Å². The quantitative estimate of drug-likeness (QED) is 0.139. The molecule has 150 valence electrons. The Kier molecular flexibility index (Phi) is 17.1. The third-order valence-corrected chi connectivity index (χ3v) is 4.12. The summed E-state index contributed by atoms with van der Waals surface area (Å²) in [5.74, 6) is -1.02. The summed E-state index contributed by atoms with van der Waals surface area (Å²) in [6.45, 7) is 8.53. The molecule has 0 aromatic heterocycles. The maximum atomic E-state index is 11.5. The molecule has 0 fully saturated rings. The van der Waals surface area contributed by atoms with Crippen molar-refractivity contribution in [3.05, 3.63) is 24.3 Å². The van der Waals surface area contributed by atoms with Gasteiger partial charge in [-0.05, 0) is 13.3 Å². The van der Waals surface area contributed by atoms with E-state index in [0.29, 0.717) is 13.0 Å². The molecule has 0 aliphatic rings. The van der Waals surface area contributed by atoms with Gasteiger partial charge in [0.1, 0.15) is 0 Å². The molecule has 0 unspecified atom stereocenters. The fourth-order valence-electron chi connectivity index (χ4n) is 2.50. The molecule has 0 atom stereocenters. The first kappa shape index (κ1) is 24.4. The topological polar surface area (TPSA) is 52.6 Å². The highest BCUT2D eigenvalue weighted by molar-refractivity contribution is 5.91. The fraction of sp³-hybridized carbons (Fsp3) is 0.727. The summed E-state index contributed by atoms with van der Waals surface area (Å²) >= 11 is 0. The molecule has 0 saturated heterocycles. The Labute approximate surface area is 160 Å². The van der Waals surface area contributed by atoms with Crippen molar-refractivity contribution >= 4 is 11.9 Å². The van der Waals surface area contributed by atoms with E-state index >= 15 is 0 Å². The monoisotopic (exact) mass is 366 g/mol. The van der Waals surface area contributed by atoms with Crippen LogP contribution in [0.1, 0.15) is 90.9 Å². The van der Waals surface area contributed by atoms with Crippen LogP contribution >= 0.6 is 0 Å². The van der Waals surface area contributed by atoms with Gasteiger partial charge in [-0.3, -0.25) is 0 Å². The maximum Gasteiger partial charge on any atom is 0.331 e. The zero-order valence-electron chi connectivity index (χ0n) is 16.9. The number of esters is 2. The minimum absolute atomic E-state index is 0.284. The number of ether oxygens (including phenoxy) is 2. The molecule has 0 bridgehead atoms. The minimum atomic E-state index is -0.530. The molecule has 0 saturated carbocycles. The summed E-state index contributed by atoms with van der Waals surface area (Å²) in [5, 5.41) is 0. The predicted molar refractivity (Wildman–Crippen MR) is 107 cm³/mol. The summed E-state index contributed by atoms with van der Waals surface area (Å²) in [4.78, 5) is 22.8. The molecule has 0 aliphatic heterocycles. The molecule has 4 heteroatoms. The van der Waals surface area contributed by atoms with Crippen LogP contribution < -0.4 is 0 Å². The van der Waals surface area contributed by atoms with Gasteiger partial charge in [0.25, 0.3) is 0 Å². The first-order valence-corrected chi connectivity index (χ1v) is 10.2. The highest BCUT2D eigenvalue weighted by Crippen LogP contribution is 2.11. The van der Waals surface area contributed by atoms with E-state index in [1.165, 1.54) is 57.8 Å². The number of unbranched alkanes of at least 4 members (excludes halogenated alkanes) is 10. The van der Waals surface area contributed by atoms with Gasteiger partial charge in [-0.1, -0.05) is 76.7 Å². The van der Waals surface area contributed by atoms with Crippen molar-refractivity contribution in [2.75, 3.05) is 13.2 Å². The van der Waals surface area contributed by atoms with E-state index in [-0.39, 0.29) is 6.61 Å². The average Bonchev–Trinajstić information content (AvgIpc) is 2.60. The predicted octanol–water partition coefficient (Wildman–Crippen LogP) is 5.91. The summed E-state index contributed by atoms with van der Waals surface area (Å²) in [7, 11) is 0. The smallest absolute Gasteiger partial charge is 0.331 e. The largest absolute Gasteiger partial charge is 0.463 e. The third kappa shape index (κ3) is 18.8. The Morgan fingerprint density at radius 2 is 1.15 bits per heavy atom. The SMILES string of the molecule is C=C(C)CCOC(=O)/C=C/C(=O)OCCCCCCCCCCCCC. The molecule has 0 N–H and O–H groups in total. The van der Waals surface area contributed by atoms with Gasteiger partial charge in [0.2, 0.25) is 0 Å². The minimum Gasteiger partial charge on any atom is -0.463 e. The molecule has 0 aliphatic carbocycles. The molecule has 0 radical (unpaired) electrons. The van der Waals surface area contributed by atoms with Crippen molar-refractivity contribution in [1.29, 1.82) is 0 Å². The second-order valence-electron chi connectivity index (χ2n) is 6.91. The van der Waals surface area contributed by atoms with E-state index < -0.39 is 11.9 Å². The van der Waals surface area contributed by atoms with Gasteiger partial charge in [0, 0.05) is 18.6 Å². The summed E-state index contributed by atoms with van der Waals surface area (Å²) in [5.41, 5.74) is 0.952. The summed E-state index contributed by atoms with van der Waals surface area (Å²) < 4.78 is 10.00. The summed E-state index contributed by atoms with van der Waals surface area (Å²) in [6.07, 6.45) is 16.7. The highest BCUT2D eigenvalue weighted by atomic mass is 16.5. The fourth-order valence-corrected chi connectivity index (χ4v) is 2.50. The second-order valence-corrected chi connectivity index (χ2v) is 6.91. The number of hydrogen-bond acceptors (Lipinski definition) is 4. The van der Waals surface area contributed by atoms with Gasteiger partial charge in [-0.2, -0.15) is 0 Å². The zero-order valence-corrected chi connectivity index (χ0v) is 16.9. The number of rotatable bonds is 17.